The Hall–Kier alpha value is -1.31. The summed E-state index contributed by atoms with van der Waals surface area (Å²) in [7, 11) is 0. The van der Waals surface area contributed by atoms with Crippen molar-refractivity contribution in [2.75, 3.05) is 18.4 Å². The molecule has 6 heteroatoms. The van der Waals surface area contributed by atoms with Gasteiger partial charge in [-0.1, -0.05) is 13.0 Å². The van der Waals surface area contributed by atoms with Crippen LogP contribution in [0.4, 0.5) is 10.5 Å². The largest absolute Gasteiger partial charge is 0.481 e. The minimum Gasteiger partial charge on any atom is -0.481 e. The molecule has 1 saturated heterocycles. The first kappa shape index (κ1) is 14.1. The third-order valence-electron chi connectivity index (χ3n) is 3.37. The van der Waals surface area contributed by atoms with Crippen LogP contribution in [0.5, 0.6) is 0 Å². The molecule has 0 bridgehead atoms. The predicted molar refractivity (Wildman–Crippen MR) is 80.0 cm³/mol. The minimum atomic E-state index is -0.803. The van der Waals surface area contributed by atoms with E-state index in [2.05, 4.69) is 27.9 Å². The summed E-state index contributed by atoms with van der Waals surface area (Å²) in [6.45, 7) is 2.69. The summed E-state index contributed by atoms with van der Waals surface area (Å²) in [5.74, 6) is -1.15. The van der Waals surface area contributed by atoms with Gasteiger partial charge in [-0.3, -0.25) is 4.79 Å². The summed E-state index contributed by atoms with van der Waals surface area (Å²) in [5, 5.41) is 11.7. The van der Waals surface area contributed by atoms with Crippen LogP contribution in [0.3, 0.4) is 0 Å². The molecule has 0 aliphatic carbocycles. The van der Waals surface area contributed by atoms with Crippen LogP contribution < -0.4 is 5.32 Å². The van der Waals surface area contributed by atoms with E-state index in [1.807, 2.05) is 24.3 Å². The number of anilines is 1. The highest BCUT2D eigenvalue weighted by molar-refractivity contribution is 14.1. The van der Waals surface area contributed by atoms with E-state index in [-0.39, 0.29) is 11.9 Å². The molecule has 2 amide bonds. The third kappa shape index (κ3) is 3.37. The van der Waals surface area contributed by atoms with Crippen LogP contribution in [0, 0.1) is 15.4 Å². The van der Waals surface area contributed by atoms with Gasteiger partial charge in [0.1, 0.15) is 0 Å². The molecule has 1 atom stereocenters. The average Bonchev–Trinajstić information content (AvgIpc) is 2.26. The second kappa shape index (κ2) is 5.77. The monoisotopic (exact) mass is 374 g/mol. The fourth-order valence-electron chi connectivity index (χ4n) is 1.97. The molecule has 0 aromatic heterocycles. The molecule has 2 rings (SSSR count). The molecule has 0 saturated carbocycles. The molecular formula is C13H15IN2O3. The Balaban J connectivity index is 1.85. The molecule has 1 aliphatic rings. The highest BCUT2D eigenvalue weighted by atomic mass is 127. The van der Waals surface area contributed by atoms with Crippen molar-refractivity contribution in [3.8, 4) is 0 Å². The van der Waals surface area contributed by atoms with E-state index in [0.29, 0.717) is 13.1 Å². The van der Waals surface area contributed by atoms with Crippen LogP contribution in [0.25, 0.3) is 0 Å². The number of urea groups is 1. The topological polar surface area (TPSA) is 69.6 Å². The Bertz CT molecular complexity index is 500. The van der Waals surface area contributed by atoms with Crippen molar-refractivity contribution >= 4 is 40.3 Å². The van der Waals surface area contributed by atoms with Gasteiger partial charge in [0, 0.05) is 28.3 Å². The van der Waals surface area contributed by atoms with E-state index in [4.69, 9.17) is 5.11 Å². The number of halogens is 1. The number of aliphatic carboxylic acids is 1. The molecule has 1 aromatic carbocycles. The molecule has 5 nitrogen and oxygen atoms in total. The van der Waals surface area contributed by atoms with Crippen molar-refractivity contribution in [2.24, 2.45) is 11.8 Å². The van der Waals surface area contributed by atoms with Gasteiger partial charge in [0.25, 0.3) is 0 Å². The fraction of sp³-hybridized carbons (Fsp3) is 0.385. The van der Waals surface area contributed by atoms with Gasteiger partial charge in [0.05, 0.1) is 5.92 Å². The van der Waals surface area contributed by atoms with Crippen molar-refractivity contribution in [1.29, 1.82) is 0 Å². The summed E-state index contributed by atoms with van der Waals surface area (Å²) in [6, 6.07) is 7.37. The highest BCUT2D eigenvalue weighted by Gasteiger charge is 2.37. The van der Waals surface area contributed by atoms with Crippen LogP contribution in [0.2, 0.25) is 0 Å². The molecule has 102 valence electrons. The maximum atomic E-state index is 11.9. The Morgan fingerprint density at radius 3 is 2.74 bits per heavy atom. The predicted octanol–water partition coefficient (Wildman–Crippen LogP) is 2.48. The zero-order valence-corrected chi connectivity index (χ0v) is 12.6. The number of likely N-dealkylation sites (tertiary alicyclic amines) is 1. The standard InChI is InChI=1S/C13H15IN2O3/c1-8(12(17)18)9-6-16(7-9)13(19)15-11-4-2-3-10(14)5-11/h2-5,8-9H,6-7H2,1H3,(H,15,19)(H,17,18). The molecule has 1 aromatic rings. The number of nitrogens with zero attached hydrogens (tertiary/aromatic N) is 1. The Morgan fingerprint density at radius 1 is 1.47 bits per heavy atom. The maximum absolute atomic E-state index is 11.9. The van der Waals surface area contributed by atoms with Crippen LogP contribution in [-0.2, 0) is 4.79 Å². The number of benzene rings is 1. The molecular weight excluding hydrogens is 359 g/mol. The number of hydrogen-bond donors (Lipinski definition) is 2. The lowest BCUT2D eigenvalue weighted by atomic mass is 9.87. The fourth-order valence-corrected chi connectivity index (χ4v) is 2.51. The van der Waals surface area contributed by atoms with Gasteiger partial charge in [-0.2, -0.15) is 0 Å². The zero-order valence-electron chi connectivity index (χ0n) is 10.5. The van der Waals surface area contributed by atoms with Gasteiger partial charge in [-0.05, 0) is 40.8 Å². The molecule has 2 N–H and O–H groups in total. The lowest BCUT2D eigenvalue weighted by molar-refractivity contribution is -0.144. The summed E-state index contributed by atoms with van der Waals surface area (Å²) in [4.78, 5) is 24.4. The van der Waals surface area contributed by atoms with E-state index < -0.39 is 11.9 Å². The average molecular weight is 374 g/mol. The first-order valence-electron chi connectivity index (χ1n) is 6.01. The third-order valence-corrected chi connectivity index (χ3v) is 4.04. The van der Waals surface area contributed by atoms with Gasteiger partial charge in [-0.15, -0.1) is 0 Å². The summed E-state index contributed by atoms with van der Waals surface area (Å²) in [6.07, 6.45) is 0. The van der Waals surface area contributed by atoms with E-state index >= 15 is 0 Å². The maximum Gasteiger partial charge on any atom is 0.321 e. The van der Waals surface area contributed by atoms with Gasteiger partial charge in [0.15, 0.2) is 0 Å². The molecule has 19 heavy (non-hydrogen) atoms. The van der Waals surface area contributed by atoms with Gasteiger partial charge < -0.3 is 15.3 Å². The number of amides is 2. The Labute approximate surface area is 125 Å². The Kier molecular flexibility index (Phi) is 4.28. The molecule has 1 unspecified atom stereocenters. The van der Waals surface area contributed by atoms with Crippen molar-refractivity contribution in [2.45, 2.75) is 6.92 Å². The number of nitrogens with one attached hydrogen (secondary N) is 1. The van der Waals surface area contributed by atoms with Crippen molar-refractivity contribution in [3.63, 3.8) is 0 Å². The lowest BCUT2D eigenvalue weighted by Gasteiger charge is -2.41. The van der Waals surface area contributed by atoms with Gasteiger partial charge in [0.2, 0.25) is 0 Å². The van der Waals surface area contributed by atoms with Crippen LogP contribution in [0.15, 0.2) is 24.3 Å². The number of carboxylic acids is 1. The van der Waals surface area contributed by atoms with Crippen molar-refractivity contribution in [3.05, 3.63) is 27.8 Å². The lowest BCUT2D eigenvalue weighted by Crippen LogP contribution is -2.54. The van der Waals surface area contributed by atoms with Crippen molar-refractivity contribution < 1.29 is 14.7 Å². The zero-order chi connectivity index (χ0) is 14.0. The highest BCUT2D eigenvalue weighted by Crippen LogP contribution is 2.25. The molecule has 1 heterocycles. The first-order valence-corrected chi connectivity index (χ1v) is 7.09. The molecule has 1 aliphatic heterocycles. The van der Waals surface area contributed by atoms with Gasteiger partial charge >= 0.3 is 12.0 Å². The molecule has 0 radical (unpaired) electrons. The SMILES string of the molecule is CC(C(=O)O)C1CN(C(=O)Nc2cccc(I)c2)C1. The number of carbonyl (C=O) groups excluding carboxylic acids is 1. The van der Waals surface area contributed by atoms with Crippen LogP contribution in [-0.4, -0.2) is 35.1 Å². The van der Waals surface area contributed by atoms with E-state index in [1.54, 1.807) is 11.8 Å². The number of rotatable bonds is 3. The summed E-state index contributed by atoms with van der Waals surface area (Å²) >= 11 is 2.18. The quantitative estimate of drug-likeness (QED) is 0.799. The first-order chi connectivity index (χ1) is 8.97. The normalized spacial score (nSPS) is 16.6. The second-order valence-electron chi connectivity index (χ2n) is 4.73. The smallest absolute Gasteiger partial charge is 0.321 e. The van der Waals surface area contributed by atoms with Crippen LogP contribution >= 0.6 is 22.6 Å². The number of hydrogen-bond acceptors (Lipinski definition) is 2. The van der Waals surface area contributed by atoms with E-state index in [0.717, 1.165) is 9.26 Å². The number of carbonyl (C=O) groups is 2. The molecule has 1 fully saturated rings. The Morgan fingerprint density at radius 2 is 2.16 bits per heavy atom. The van der Waals surface area contributed by atoms with Crippen molar-refractivity contribution in [1.82, 2.24) is 4.90 Å². The second-order valence-corrected chi connectivity index (χ2v) is 5.98. The van der Waals surface area contributed by atoms with E-state index in [1.165, 1.54) is 0 Å². The minimum absolute atomic E-state index is 0.0548. The molecule has 0 spiro atoms. The van der Waals surface area contributed by atoms with E-state index in [9.17, 15) is 9.59 Å². The number of carboxylic acid groups (broad SMARTS) is 1. The van der Waals surface area contributed by atoms with Crippen LogP contribution in [0.1, 0.15) is 6.92 Å². The summed E-state index contributed by atoms with van der Waals surface area (Å²) < 4.78 is 1.05. The van der Waals surface area contributed by atoms with Gasteiger partial charge in [-0.25, -0.2) is 4.79 Å². The summed E-state index contributed by atoms with van der Waals surface area (Å²) in [5.41, 5.74) is 0.756.